The maximum absolute atomic E-state index is 13.1. The zero-order chi connectivity index (χ0) is 19.3. The van der Waals surface area contributed by atoms with Crippen molar-refractivity contribution >= 4 is 5.96 Å². The van der Waals surface area contributed by atoms with Gasteiger partial charge in [-0.3, -0.25) is 4.99 Å². The number of hydrogen-bond acceptors (Lipinski definition) is 2. The molecule has 3 rings (SSSR count). The topological polar surface area (TPSA) is 54.2 Å². The predicted molar refractivity (Wildman–Crippen MR) is 98.6 cm³/mol. The Morgan fingerprint density at radius 3 is 2.70 bits per heavy atom. The molecule has 0 saturated heterocycles. The van der Waals surface area contributed by atoms with Crippen molar-refractivity contribution in [3.8, 4) is 0 Å². The van der Waals surface area contributed by atoms with Crippen molar-refractivity contribution in [2.24, 2.45) is 4.99 Å². The molecule has 0 aliphatic heterocycles. The maximum atomic E-state index is 13.1. The molecule has 0 spiro atoms. The van der Waals surface area contributed by atoms with Crippen molar-refractivity contribution in [2.75, 3.05) is 20.1 Å². The van der Waals surface area contributed by atoms with Crippen molar-refractivity contribution in [1.82, 2.24) is 20.2 Å². The molecule has 0 unspecified atom stereocenters. The van der Waals surface area contributed by atoms with Gasteiger partial charge in [-0.1, -0.05) is 24.6 Å². The first-order valence-corrected chi connectivity index (χ1v) is 9.01. The Bertz CT molecular complexity index is 764. The van der Waals surface area contributed by atoms with E-state index in [-0.39, 0.29) is 5.41 Å². The fourth-order valence-electron chi connectivity index (χ4n) is 3.39. The number of hydrogen-bond donors (Lipinski definition) is 2. The summed E-state index contributed by atoms with van der Waals surface area (Å²) in [7, 11) is 1.68. The van der Waals surface area contributed by atoms with Gasteiger partial charge in [0.2, 0.25) is 0 Å². The molecule has 1 heterocycles. The van der Waals surface area contributed by atoms with Gasteiger partial charge in [-0.2, -0.15) is 13.2 Å². The summed E-state index contributed by atoms with van der Waals surface area (Å²) < 4.78 is 41.1. The summed E-state index contributed by atoms with van der Waals surface area (Å²) in [4.78, 5) is 8.20. The van der Waals surface area contributed by atoms with Gasteiger partial charge in [0.1, 0.15) is 0 Å². The summed E-state index contributed by atoms with van der Waals surface area (Å²) in [5.74, 6) is 0.647. The van der Waals surface area contributed by atoms with Crippen molar-refractivity contribution < 1.29 is 13.2 Å². The third-order valence-corrected chi connectivity index (χ3v) is 5.15. The first kappa shape index (κ1) is 19.3. The summed E-state index contributed by atoms with van der Waals surface area (Å²) in [5, 5.41) is 6.51. The maximum Gasteiger partial charge on any atom is 0.416 e. The van der Waals surface area contributed by atoms with Crippen molar-refractivity contribution in [3.05, 3.63) is 54.1 Å². The van der Waals surface area contributed by atoms with E-state index in [4.69, 9.17) is 0 Å². The highest BCUT2D eigenvalue weighted by atomic mass is 19.4. The number of imidazole rings is 1. The molecule has 1 aromatic heterocycles. The molecule has 0 atom stereocenters. The van der Waals surface area contributed by atoms with Crippen molar-refractivity contribution in [1.29, 1.82) is 0 Å². The molecule has 146 valence electrons. The predicted octanol–water partition coefficient (Wildman–Crippen LogP) is 3.19. The van der Waals surface area contributed by atoms with E-state index >= 15 is 0 Å². The van der Waals surface area contributed by atoms with Gasteiger partial charge >= 0.3 is 6.18 Å². The quantitative estimate of drug-likeness (QED) is 0.599. The SMILES string of the molecule is CN=C(NCCn1ccnc1)NCC1(c2cccc(C(F)(F)F)c2)CCC1. The third-order valence-electron chi connectivity index (χ3n) is 5.15. The monoisotopic (exact) mass is 379 g/mol. The van der Waals surface area contributed by atoms with Crippen LogP contribution in [0.4, 0.5) is 13.2 Å². The number of aromatic nitrogens is 2. The van der Waals surface area contributed by atoms with Gasteiger partial charge in [-0.05, 0) is 24.5 Å². The molecule has 8 heteroatoms. The van der Waals surface area contributed by atoms with E-state index < -0.39 is 11.7 Å². The largest absolute Gasteiger partial charge is 0.416 e. The van der Waals surface area contributed by atoms with Crippen LogP contribution >= 0.6 is 0 Å². The van der Waals surface area contributed by atoms with Crippen LogP contribution in [0.25, 0.3) is 0 Å². The van der Waals surface area contributed by atoms with Crippen LogP contribution in [-0.2, 0) is 18.1 Å². The number of benzene rings is 1. The lowest BCUT2D eigenvalue weighted by molar-refractivity contribution is -0.137. The van der Waals surface area contributed by atoms with E-state index in [1.807, 2.05) is 10.8 Å². The van der Waals surface area contributed by atoms with E-state index in [0.29, 0.717) is 19.0 Å². The average molecular weight is 379 g/mol. The van der Waals surface area contributed by atoms with Gasteiger partial charge in [0.15, 0.2) is 5.96 Å². The van der Waals surface area contributed by atoms with Crippen LogP contribution in [0.1, 0.15) is 30.4 Å². The van der Waals surface area contributed by atoms with Crippen LogP contribution in [-0.4, -0.2) is 35.6 Å². The van der Waals surface area contributed by atoms with Gasteiger partial charge in [0.05, 0.1) is 11.9 Å². The van der Waals surface area contributed by atoms with Gasteiger partial charge in [-0.25, -0.2) is 4.98 Å². The minimum absolute atomic E-state index is 0.275. The van der Waals surface area contributed by atoms with Crippen molar-refractivity contribution in [3.63, 3.8) is 0 Å². The Morgan fingerprint density at radius 1 is 1.30 bits per heavy atom. The van der Waals surface area contributed by atoms with Gasteiger partial charge in [0.25, 0.3) is 0 Å². The molecule has 1 aliphatic carbocycles. The summed E-state index contributed by atoms with van der Waals surface area (Å²) in [6, 6.07) is 5.71. The second kappa shape index (κ2) is 8.02. The second-order valence-electron chi connectivity index (χ2n) is 6.87. The number of guanidine groups is 1. The molecule has 2 N–H and O–H groups in total. The van der Waals surface area contributed by atoms with E-state index in [1.165, 1.54) is 12.1 Å². The number of alkyl halides is 3. The molecule has 0 radical (unpaired) electrons. The summed E-state index contributed by atoms with van der Waals surface area (Å²) in [5.41, 5.74) is -0.123. The highest BCUT2D eigenvalue weighted by molar-refractivity contribution is 5.79. The Labute approximate surface area is 156 Å². The molecule has 27 heavy (non-hydrogen) atoms. The fraction of sp³-hybridized carbons (Fsp3) is 0.474. The van der Waals surface area contributed by atoms with Gasteiger partial charge in [-0.15, -0.1) is 0 Å². The highest BCUT2D eigenvalue weighted by Crippen LogP contribution is 2.44. The summed E-state index contributed by atoms with van der Waals surface area (Å²) in [6.45, 7) is 1.98. The number of halogens is 3. The second-order valence-corrected chi connectivity index (χ2v) is 6.87. The van der Waals surface area contributed by atoms with E-state index in [2.05, 4.69) is 20.6 Å². The molecule has 5 nitrogen and oxygen atoms in total. The first-order chi connectivity index (χ1) is 12.9. The molecule has 1 saturated carbocycles. The molecule has 1 fully saturated rings. The van der Waals surface area contributed by atoms with Crippen LogP contribution in [0, 0.1) is 0 Å². The summed E-state index contributed by atoms with van der Waals surface area (Å²) in [6.07, 6.45) is 3.79. The number of nitrogens with one attached hydrogen (secondary N) is 2. The molecule has 1 aromatic carbocycles. The van der Waals surface area contributed by atoms with Crippen LogP contribution in [0.3, 0.4) is 0 Å². The Morgan fingerprint density at radius 2 is 2.11 bits per heavy atom. The fourth-order valence-corrected chi connectivity index (χ4v) is 3.39. The molecule has 1 aliphatic rings. The zero-order valence-corrected chi connectivity index (χ0v) is 15.3. The summed E-state index contributed by atoms with van der Waals surface area (Å²) >= 11 is 0. The zero-order valence-electron chi connectivity index (χ0n) is 15.3. The lowest BCUT2D eigenvalue weighted by atomic mass is 9.64. The third kappa shape index (κ3) is 4.61. The Balaban J connectivity index is 1.60. The van der Waals surface area contributed by atoms with Crippen molar-refractivity contribution in [2.45, 2.75) is 37.4 Å². The minimum atomic E-state index is -4.32. The van der Waals surface area contributed by atoms with E-state index in [9.17, 15) is 13.2 Å². The highest BCUT2D eigenvalue weighted by Gasteiger charge is 2.40. The van der Waals surface area contributed by atoms with E-state index in [0.717, 1.165) is 37.4 Å². The van der Waals surface area contributed by atoms with Crippen LogP contribution in [0.5, 0.6) is 0 Å². The normalized spacial score (nSPS) is 16.7. The van der Waals surface area contributed by atoms with Gasteiger partial charge in [0, 0.05) is 44.5 Å². The minimum Gasteiger partial charge on any atom is -0.356 e. The van der Waals surface area contributed by atoms with E-state index in [1.54, 1.807) is 25.6 Å². The number of rotatable bonds is 6. The Kier molecular flexibility index (Phi) is 5.72. The lowest BCUT2D eigenvalue weighted by Gasteiger charge is -2.43. The molecular weight excluding hydrogens is 355 g/mol. The van der Waals surface area contributed by atoms with Gasteiger partial charge < -0.3 is 15.2 Å². The van der Waals surface area contributed by atoms with Crippen LogP contribution in [0.15, 0.2) is 48.0 Å². The molecular formula is C19H24F3N5. The molecule has 2 aromatic rings. The van der Waals surface area contributed by atoms with Crippen LogP contribution in [0.2, 0.25) is 0 Å². The Hall–Kier alpha value is -2.51. The standard InChI is InChI=1S/C19H24F3N5/c1-23-17(25-9-11-27-10-8-24-14-27)26-13-18(6-3-7-18)15-4-2-5-16(12-15)19(20,21)22/h2,4-5,8,10,12,14H,3,6-7,9,11,13H2,1H3,(H2,23,25,26). The first-order valence-electron chi connectivity index (χ1n) is 9.01. The number of aliphatic imine (C=N–C) groups is 1. The number of nitrogens with zero attached hydrogens (tertiary/aromatic N) is 3. The molecule has 0 bridgehead atoms. The lowest BCUT2D eigenvalue weighted by Crippen LogP contribution is -2.49. The average Bonchev–Trinajstić information content (AvgIpc) is 3.12. The smallest absolute Gasteiger partial charge is 0.356 e. The molecule has 0 amide bonds. The van der Waals surface area contributed by atoms with Crippen LogP contribution < -0.4 is 10.6 Å².